The van der Waals surface area contributed by atoms with Gasteiger partial charge in [0.2, 0.25) is 5.91 Å². The zero-order chi connectivity index (χ0) is 28.2. The highest BCUT2D eigenvalue weighted by Gasteiger charge is 2.28. The number of piperazine rings is 1. The maximum Gasteiger partial charge on any atom is 0.410 e. The molecule has 0 unspecified atom stereocenters. The first kappa shape index (κ1) is 27.6. The minimum Gasteiger partial charge on any atom is -0.495 e. The normalized spacial score (nSPS) is 14.1. The SMILES string of the molecule is COc1c(C(=O)NCC(=O)N2CCN(C(=O)OC(C)(C)C)CC2)ccc2[nH]nc(/C=C/c3ccc(F)cc3)c12. The number of carbonyl (C=O) groups excluding carboxylic acids is 3. The number of methoxy groups -OCH3 is 1. The van der Waals surface area contributed by atoms with Crippen LogP contribution in [-0.2, 0) is 9.53 Å². The van der Waals surface area contributed by atoms with Gasteiger partial charge in [0.1, 0.15) is 17.2 Å². The minimum absolute atomic E-state index is 0.199. The van der Waals surface area contributed by atoms with Crippen molar-refractivity contribution >= 4 is 41.0 Å². The van der Waals surface area contributed by atoms with Gasteiger partial charge in [-0.05, 0) is 56.7 Å². The van der Waals surface area contributed by atoms with Crippen LogP contribution in [0.3, 0.4) is 0 Å². The number of nitrogens with one attached hydrogen (secondary N) is 2. The lowest BCUT2D eigenvalue weighted by molar-refractivity contribution is -0.131. The third-order valence-corrected chi connectivity index (χ3v) is 6.15. The number of benzene rings is 2. The molecule has 1 saturated heterocycles. The van der Waals surface area contributed by atoms with Gasteiger partial charge in [0, 0.05) is 26.2 Å². The number of fused-ring (bicyclic) bond motifs is 1. The summed E-state index contributed by atoms with van der Waals surface area (Å²) in [6.45, 7) is 6.62. The third kappa shape index (κ3) is 6.73. The summed E-state index contributed by atoms with van der Waals surface area (Å²) in [6, 6.07) is 9.34. The first-order valence-corrected chi connectivity index (χ1v) is 12.6. The van der Waals surface area contributed by atoms with Crippen molar-refractivity contribution in [2.45, 2.75) is 26.4 Å². The maximum absolute atomic E-state index is 13.2. The van der Waals surface area contributed by atoms with Crippen LogP contribution < -0.4 is 10.1 Å². The Hall–Kier alpha value is -4.41. The summed E-state index contributed by atoms with van der Waals surface area (Å²) in [5.41, 5.74) is 1.66. The first-order valence-electron chi connectivity index (χ1n) is 12.6. The second kappa shape index (κ2) is 11.5. The van der Waals surface area contributed by atoms with Crippen LogP contribution in [0.1, 0.15) is 42.4 Å². The molecular weight excluding hydrogens is 505 g/mol. The summed E-state index contributed by atoms with van der Waals surface area (Å²) in [6.07, 6.45) is 3.12. The van der Waals surface area contributed by atoms with E-state index in [-0.39, 0.29) is 23.8 Å². The van der Waals surface area contributed by atoms with Crippen molar-refractivity contribution < 1.29 is 28.2 Å². The Labute approximate surface area is 225 Å². The predicted octanol–water partition coefficient (Wildman–Crippen LogP) is 3.69. The standard InChI is InChI=1S/C28H32FN5O5/c1-28(2,3)39-27(37)34-15-13-33(14-16-34)23(35)17-30-26(36)20-10-12-22-24(25(20)38-4)21(31-32-22)11-7-18-5-8-19(29)9-6-18/h5-12H,13-17H2,1-4H3,(H,30,36)(H,31,32)/b11-7+. The third-order valence-electron chi connectivity index (χ3n) is 6.15. The van der Waals surface area contributed by atoms with Crippen molar-refractivity contribution in [3.05, 3.63) is 59.0 Å². The Bertz CT molecular complexity index is 1390. The molecule has 2 N–H and O–H groups in total. The lowest BCUT2D eigenvalue weighted by Crippen LogP contribution is -2.53. The van der Waals surface area contributed by atoms with Crippen LogP contribution in [0.25, 0.3) is 23.1 Å². The lowest BCUT2D eigenvalue weighted by atomic mass is 10.1. The van der Waals surface area contributed by atoms with Gasteiger partial charge < -0.3 is 24.6 Å². The van der Waals surface area contributed by atoms with Crippen molar-refractivity contribution in [2.24, 2.45) is 0 Å². The van der Waals surface area contributed by atoms with E-state index in [2.05, 4.69) is 15.5 Å². The van der Waals surface area contributed by atoms with Crippen molar-refractivity contribution in [2.75, 3.05) is 39.8 Å². The zero-order valence-electron chi connectivity index (χ0n) is 22.4. The molecule has 1 aromatic heterocycles. The fourth-order valence-corrected chi connectivity index (χ4v) is 4.19. The number of carbonyl (C=O) groups is 3. The van der Waals surface area contributed by atoms with E-state index in [0.717, 1.165) is 5.56 Å². The first-order chi connectivity index (χ1) is 18.6. The van der Waals surface area contributed by atoms with Gasteiger partial charge in [-0.1, -0.05) is 18.2 Å². The van der Waals surface area contributed by atoms with E-state index < -0.39 is 17.6 Å². The van der Waals surface area contributed by atoms with Crippen LogP contribution >= 0.6 is 0 Å². The fourth-order valence-electron chi connectivity index (χ4n) is 4.19. The highest BCUT2D eigenvalue weighted by atomic mass is 19.1. The smallest absolute Gasteiger partial charge is 0.410 e. The van der Waals surface area contributed by atoms with Gasteiger partial charge in [-0.3, -0.25) is 14.7 Å². The number of rotatable bonds is 6. The Morgan fingerprint density at radius 1 is 1.03 bits per heavy atom. The molecule has 0 atom stereocenters. The van der Waals surface area contributed by atoms with E-state index in [0.29, 0.717) is 48.5 Å². The average Bonchev–Trinajstić information content (AvgIpc) is 3.33. The fraction of sp³-hybridized carbons (Fsp3) is 0.357. The summed E-state index contributed by atoms with van der Waals surface area (Å²) >= 11 is 0. The number of aromatic nitrogens is 2. The van der Waals surface area contributed by atoms with Gasteiger partial charge in [-0.25, -0.2) is 9.18 Å². The molecule has 3 aromatic rings. The van der Waals surface area contributed by atoms with Crippen LogP contribution in [-0.4, -0.2) is 83.3 Å². The predicted molar refractivity (Wildman–Crippen MR) is 145 cm³/mol. The van der Waals surface area contributed by atoms with Crippen molar-refractivity contribution in [1.29, 1.82) is 0 Å². The summed E-state index contributed by atoms with van der Waals surface area (Å²) < 4.78 is 24.2. The molecule has 39 heavy (non-hydrogen) atoms. The van der Waals surface area contributed by atoms with Crippen LogP contribution in [0.5, 0.6) is 5.75 Å². The number of aromatic amines is 1. The van der Waals surface area contributed by atoms with Gasteiger partial charge in [0.05, 0.1) is 35.8 Å². The molecular formula is C28H32FN5O5. The summed E-state index contributed by atoms with van der Waals surface area (Å²) in [7, 11) is 1.46. The molecule has 206 valence electrons. The van der Waals surface area contributed by atoms with Gasteiger partial charge >= 0.3 is 6.09 Å². The molecule has 3 amide bonds. The molecule has 4 rings (SSSR count). The van der Waals surface area contributed by atoms with E-state index >= 15 is 0 Å². The molecule has 0 radical (unpaired) electrons. The Morgan fingerprint density at radius 3 is 2.33 bits per heavy atom. The van der Waals surface area contributed by atoms with E-state index in [1.165, 1.54) is 19.2 Å². The largest absolute Gasteiger partial charge is 0.495 e. The zero-order valence-corrected chi connectivity index (χ0v) is 22.4. The lowest BCUT2D eigenvalue weighted by Gasteiger charge is -2.35. The number of ether oxygens (including phenoxy) is 2. The Morgan fingerprint density at radius 2 is 1.69 bits per heavy atom. The number of hydrogen-bond acceptors (Lipinski definition) is 6. The van der Waals surface area contributed by atoms with Crippen LogP contribution in [0, 0.1) is 5.82 Å². The molecule has 10 nitrogen and oxygen atoms in total. The average molecular weight is 538 g/mol. The number of nitrogens with zero attached hydrogens (tertiary/aromatic N) is 3. The molecule has 0 aliphatic carbocycles. The van der Waals surface area contributed by atoms with Crippen molar-refractivity contribution in [3.63, 3.8) is 0 Å². The maximum atomic E-state index is 13.2. The minimum atomic E-state index is -0.589. The number of hydrogen-bond donors (Lipinski definition) is 2. The van der Waals surface area contributed by atoms with Crippen LogP contribution in [0.2, 0.25) is 0 Å². The summed E-state index contributed by atoms with van der Waals surface area (Å²) in [4.78, 5) is 41.2. The van der Waals surface area contributed by atoms with E-state index in [1.807, 2.05) is 0 Å². The number of amides is 3. The summed E-state index contributed by atoms with van der Waals surface area (Å²) in [5, 5.41) is 10.5. The quantitative estimate of drug-likeness (QED) is 0.496. The van der Waals surface area contributed by atoms with E-state index in [1.54, 1.807) is 67.0 Å². The topological polar surface area (TPSA) is 117 Å². The molecule has 2 heterocycles. The molecule has 1 fully saturated rings. The Kier molecular flexibility index (Phi) is 8.18. The Balaban J connectivity index is 1.40. The second-order valence-corrected chi connectivity index (χ2v) is 10.1. The molecule has 11 heteroatoms. The van der Waals surface area contributed by atoms with Crippen LogP contribution in [0.4, 0.5) is 9.18 Å². The number of H-pyrrole nitrogens is 1. The summed E-state index contributed by atoms with van der Waals surface area (Å²) in [5.74, 6) is -0.727. The molecule has 1 aliphatic heterocycles. The highest BCUT2D eigenvalue weighted by Crippen LogP contribution is 2.32. The van der Waals surface area contributed by atoms with Gasteiger partial charge in [0.25, 0.3) is 5.91 Å². The molecule has 0 bridgehead atoms. The van der Waals surface area contributed by atoms with Crippen molar-refractivity contribution in [3.8, 4) is 5.75 Å². The number of halogens is 1. The van der Waals surface area contributed by atoms with E-state index in [9.17, 15) is 18.8 Å². The van der Waals surface area contributed by atoms with Crippen molar-refractivity contribution in [1.82, 2.24) is 25.3 Å². The molecule has 0 spiro atoms. The highest BCUT2D eigenvalue weighted by molar-refractivity contribution is 6.06. The van der Waals surface area contributed by atoms with Gasteiger partial charge in [0.15, 0.2) is 0 Å². The van der Waals surface area contributed by atoms with Gasteiger partial charge in [-0.15, -0.1) is 0 Å². The van der Waals surface area contributed by atoms with Crippen LogP contribution in [0.15, 0.2) is 36.4 Å². The molecule has 1 aliphatic rings. The monoisotopic (exact) mass is 537 g/mol. The second-order valence-electron chi connectivity index (χ2n) is 10.1. The molecule has 0 saturated carbocycles. The van der Waals surface area contributed by atoms with Gasteiger partial charge in [-0.2, -0.15) is 5.10 Å². The molecule has 2 aromatic carbocycles. The van der Waals surface area contributed by atoms with E-state index in [4.69, 9.17) is 9.47 Å².